The van der Waals surface area contributed by atoms with Gasteiger partial charge in [0.2, 0.25) is 11.7 Å². The monoisotopic (exact) mass is 627 g/mol. The highest BCUT2D eigenvalue weighted by atomic mass is 16.3. The number of carbonyl (C=O) groups excluding carboxylic acids is 4. The van der Waals surface area contributed by atoms with Gasteiger partial charge in [0.25, 0.3) is 17.4 Å². The lowest BCUT2D eigenvalue weighted by atomic mass is 9.63. The van der Waals surface area contributed by atoms with E-state index in [1.165, 1.54) is 33.9 Å². The first-order valence-electron chi connectivity index (χ1n) is 15.7. The molecule has 5 atom stereocenters. The third-order valence-corrected chi connectivity index (χ3v) is 8.89. The zero-order chi connectivity index (χ0) is 32.6. The maximum absolute atomic E-state index is 13.4. The molecule has 2 aliphatic carbocycles. The Balaban J connectivity index is 1.44. The SMILES string of the molecule is CCNC(=O)C(=O)CC[C@H](NC(=O)c1cncn1C)C(O)Nc1cccn(CC(=O)NC23CCCC(CC(CCO)C2)C3)c1=O. The standard InChI is InChI=1S/C31H45N7O7/c1-3-33-29(44)25(40)9-8-22(34-28(43)24-17-32-19-37(24)2)27(42)35-23-7-5-12-38(30(23)45)18-26(41)36-31-11-4-6-20(15-31)14-21(16-31)10-13-39/h5,7,12,17,19-22,27,35,39,42H,3-4,6,8-11,13-16,18H2,1-2H3,(H,33,44)(H,34,43)(H,36,41)/t20?,21?,22-,27?,31?/m0/s1. The average molecular weight is 628 g/mol. The molecule has 2 bridgehead atoms. The van der Waals surface area contributed by atoms with Gasteiger partial charge in [-0.1, -0.05) is 12.8 Å². The molecule has 2 aliphatic rings. The third kappa shape index (κ3) is 8.78. The number of Topliss-reactive ketones (excluding diaryl/α,β-unsaturated/α-hetero) is 1. The minimum Gasteiger partial charge on any atom is -0.396 e. The van der Waals surface area contributed by atoms with E-state index >= 15 is 0 Å². The number of nitrogens with zero attached hydrogens (tertiary/aromatic N) is 3. The highest BCUT2D eigenvalue weighted by Crippen LogP contribution is 2.46. The molecule has 2 heterocycles. The molecule has 0 aromatic carbocycles. The number of aromatic nitrogens is 3. The number of carbonyl (C=O) groups is 4. The molecule has 4 unspecified atom stereocenters. The van der Waals surface area contributed by atoms with Crippen LogP contribution in [0.3, 0.4) is 0 Å². The number of aliphatic hydroxyl groups is 2. The Hall–Kier alpha value is -4.04. The van der Waals surface area contributed by atoms with Crippen molar-refractivity contribution in [1.29, 1.82) is 0 Å². The quantitative estimate of drug-likeness (QED) is 0.120. The maximum atomic E-state index is 13.4. The van der Waals surface area contributed by atoms with Crippen molar-refractivity contribution in [2.45, 2.75) is 89.1 Å². The van der Waals surface area contributed by atoms with Crippen LogP contribution in [0.2, 0.25) is 0 Å². The number of hydrogen-bond donors (Lipinski definition) is 6. The van der Waals surface area contributed by atoms with Gasteiger partial charge in [-0.05, 0) is 69.4 Å². The number of aliphatic hydroxyl groups excluding tert-OH is 2. The summed E-state index contributed by atoms with van der Waals surface area (Å²) in [5, 5.41) is 31.6. The fourth-order valence-electron chi connectivity index (χ4n) is 6.85. The van der Waals surface area contributed by atoms with Gasteiger partial charge in [-0.25, -0.2) is 4.98 Å². The van der Waals surface area contributed by atoms with Crippen molar-refractivity contribution in [3.8, 4) is 0 Å². The Morgan fingerprint density at radius 1 is 1.22 bits per heavy atom. The molecule has 6 N–H and O–H groups in total. The van der Waals surface area contributed by atoms with Gasteiger partial charge in [0, 0.05) is 38.4 Å². The number of pyridine rings is 1. The van der Waals surface area contributed by atoms with Crippen LogP contribution >= 0.6 is 0 Å². The van der Waals surface area contributed by atoms with E-state index in [9.17, 15) is 34.2 Å². The van der Waals surface area contributed by atoms with Crippen LogP contribution < -0.4 is 26.8 Å². The maximum Gasteiger partial charge on any atom is 0.287 e. The van der Waals surface area contributed by atoms with Crippen molar-refractivity contribution in [2.75, 3.05) is 18.5 Å². The fourth-order valence-corrected chi connectivity index (χ4v) is 6.85. The van der Waals surface area contributed by atoms with E-state index in [4.69, 9.17) is 0 Å². The Morgan fingerprint density at radius 3 is 2.73 bits per heavy atom. The molecule has 4 rings (SSSR count). The average Bonchev–Trinajstić information content (AvgIpc) is 3.42. The first kappa shape index (κ1) is 33.8. The Bertz CT molecular complexity index is 1420. The zero-order valence-electron chi connectivity index (χ0n) is 26.0. The lowest BCUT2D eigenvalue weighted by Gasteiger charge is -2.49. The van der Waals surface area contributed by atoms with E-state index in [1.54, 1.807) is 20.0 Å². The summed E-state index contributed by atoms with van der Waals surface area (Å²) in [5.41, 5.74) is -0.690. The number of fused-ring (bicyclic) bond motifs is 2. The molecule has 0 radical (unpaired) electrons. The molecule has 0 spiro atoms. The summed E-state index contributed by atoms with van der Waals surface area (Å²) < 4.78 is 2.73. The number of imidazole rings is 1. The number of hydrogen-bond acceptors (Lipinski definition) is 9. The molecule has 14 heteroatoms. The van der Waals surface area contributed by atoms with Gasteiger partial charge >= 0.3 is 0 Å². The van der Waals surface area contributed by atoms with Crippen LogP contribution in [0, 0.1) is 11.8 Å². The van der Waals surface area contributed by atoms with E-state index in [2.05, 4.69) is 26.3 Å². The Labute approximate surface area is 262 Å². The Morgan fingerprint density at radius 2 is 2.02 bits per heavy atom. The van der Waals surface area contributed by atoms with Crippen LogP contribution in [0.1, 0.15) is 75.2 Å². The molecule has 0 saturated heterocycles. The highest BCUT2D eigenvalue weighted by Gasteiger charge is 2.43. The van der Waals surface area contributed by atoms with Crippen LogP contribution in [0.5, 0.6) is 0 Å². The summed E-state index contributed by atoms with van der Waals surface area (Å²) >= 11 is 0. The normalized spacial score (nSPS) is 22.1. The molecule has 3 amide bonds. The minimum atomic E-state index is -1.52. The van der Waals surface area contributed by atoms with Gasteiger partial charge in [0.05, 0.1) is 18.6 Å². The summed E-state index contributed by atoms with van der Waals surface area (Å²) in [4.78, 5) is 67.7. The van der Waals surface area contributed by atoms with Crippen molar-refractivity contribution in [3.05, 3.63) is 46.9 Å². The summed E-state index contributed by atoms with van der Waals surface area (Å²) in [6, 6.07) is 1.95. The second-order valence-electron chi connectivity index (χ2n) is 12.3. The minimum absolute atomic E-state index is 0.01000. The van der Waals surface area contributed by atoms with Gasteiger partial charge in [0.15, 0.2) is 0 Å². The topological polar surface area (TPSA) is 197 Å². The summed E-state index contributed by atoms with van der Waals surface area (Å²) in [7, 11) is 1.63. The molecule has 246 valence electrons. The molecule has 2 saturated carbocycles. The first-order chi connectivity index (χ1) is 21.5. The van der Waals surface area contributed by atoms with Crippen LogP contribution in [-0.4, -0.2) is 78.8 Å². The summed E-state index contributed by atoms with van der Waals surface area (Å²) in [6.45, 7) is 1.87. The molecular formula is C31H45N7O7. The molecule has 0 aliphatic heterocycles. The van der Waals surface area contributed by atoms with Crippen molar-refractivity contribution >= 4 is 29.2 Å². The van der Waals surface area contributed by atoms with Gasteiger partial charge in [-0.3, -0.25) is 24.0 Å². The second kappa shape index (κ2) is 15.3. The molecule has 2 fully saturated rings. The van der Waals surface area contributed by atoms with Gasteiger partial charge < -0.3 is 40.6 Å². The summed E-state index contributed by atoms with van der Waals surface area (Å²) in [5.74, 6) is -1.45. The fraction of sp³-hybridized carbons (Fsp3) is 0.613. The van der Waals surface area contributed by atoms with E-state index in [1.807, 2.05) is 0 Å². The van der Waals surface area contributed by atoms with Crippen molar-refractivity contribution in [1.82, 2.24) is 30.1 Å². The highest BCUT2D eigenvalue weighted by molar-refractivity contribution is 6.36. The number of rotatable bonds is 15. The lowest BCUT2D eigenvalue weighted by molar-refractivity contribution is -0.138. The van der Waals surface area contributed by atoms with Gasteiger partial charge in [-0.15, -0.1) is 0 Å². The van der Waals surface area contributed by atoms with E-state index in [-0.39, 0.29) is 55.4 Å². The second-order valence-corrected chi connectivity index (χ2v) is 12.3. The predicted molar refractivity (Wildman–Crippen MR) is 165 cm³/mol. The van der Waals surface area contributed by atoms with Crippen LogP contribution in [0.4, 0.5) is 5.69 Å². The molecule has 2 aromatic heterocycles. The molecule has 45 heavy (non-hydrogen) atoms. The third-order valence-electron chi connectivity index (χ3n) is 8.89. The van der Waals surface area contributed by atoms with Crippen LogP contribution in [-0.2, 0) is 28.0 Å². The molecule has 14 nitrogen and oxygen atoms in total. The first-order valence-corrected chi connectivity index (χ1v) is 15.7. The van der Waals surface area contributed by atoms with Crippen molar-refractivity contribution < 1.29 is 29.4 Å². The Kier molecular flexibility index (Phi) is 11.5. The van der Waals surface area contributed by atoms with Crippen molar-refractivity contribution in [2.24, 2.45) is 18.9 Å². The number of anilines is 1. The summed E-state index contributed by atoms with van der Waals surface area (Å²) in [6.07, 6.45) is 8.91. The largest absolute Gasteiger partial charge is 0.396 e. The molecule has 2 aromatic rings. The smallest absolute Gasteiger partial charge is 0.287 e. The van der Waals surface area contributed by atoms with E-state index in [0.29, 0.717) is 18.3 Å². The van der Waals surface area contributed by atoms with Gasteiger partial charge in [-0.2, -0.15) is 0 Å². The number of amides is 3. The van der Waals surface area contributed by atoms with E-state index < -0.39 is 35.4 Å². The number of likely N-dealkylation sites (N-methyl/N-ethyl adjacent to an activating group) is 1. The number of nitrogens with one attached hydrogen (secondary N) is 4. The van der Waals surface area contributed by atoms with Gasteiger partial charge in [0.1, 0.15) is 24.2 Å². The van der Waals surface area contributed by atoms with Crippen molar-refractivity contribution in [3.63, 3.8) is 0 Å². The number of aryl methyl sites for hydroxylation is 1. The zero-order valence-corrected chi connectivity index (χ0v) is 26.0. The predicted octanol–water partition coefficient (Wildman–Crippen LogP) is 0.434. The number of ketones is 1. The van der Waals surface area contributed by atoms with E-state index in [0.717, 1.165) is 38.5 Å². The molecular weight excluding hydrogens is 582 g/mol. The van der Waals surface area contributed by atoms with Crippen LogP contribution in [0.15, 0.2) is 35.6 Å². The van der Waals surface area contributed by atoms with Crippen LogP contribution in [0.25, 0.3) is 0 Å². The lowest BCUT2D eigenvalue weighted by Crippen LogP contribution is -2.56.